The van der Waals surface area contributed by atoms with Gasteiger partial charge in [-0.1, -0.05) is 0 Å². The molecule has 1 aromatic rings. The standard InChI is InChI=1S/C11H14ClN3O3S/c12-11-14-8-1-2-19(17,18)9(8)10(15-11)13-5-6-3-7(16)4-6/h6-7,16H,1-5H2,(H,13,14,15). The molecular formula is C11H14ClN3O3S. The van der Waals surface area contributed by atoms with Crippen LogP contribution < -0.4 is 5.32 Å². The monoisotopic (exact) mass is 303 g/mol. The highest BCUT2D eigenvalue weighted by Crippen LogP contribution is 2.33. The Morgan fingerprint density at radius 1 is 1.37 bits per heavy atom. The molecule has 0 radical (unpaired) electrons. The van der Waals surface area contributed by atoms with Crippen LogP contribution >= 0.6 is 11.6 Å². The molecule has 0 saturated heterocycles. The number of aliphatic hydroxyl groups is 1. The van der Waals surface area contributed by atoms with Gasteiger partial charge in [0.15, 0.2) is 9.84 Å². The Hall–Kier alpha value is -0.920. The molecule has 3 rings (SSSR count). The van der Waals surface area contributed by atoms with Crippen molar-refractivity contribution >= 4 is 27.3 Å². The number of anilines is 1. The van der Waals surface area contributed by atoms with Crippen molar-refractivity contribution in [1.29, 1.82) is 0 Å². The molecule has 0 atom stereocenters. The molecule has 1 fully saturated rings. The van der Waals surface area contributed by atoms with Crippen molar-refractivity contribution in [2.45, 2.75) is 30.3 Å². The molecule has 0 amide bonds. The van der Waals surface area contributed by atoms with E-state index in [1.165, 1.54) is 0 Å². The molecule has 0 aromatic carbocycles. The highest BCUT2D eigenvalue weighted by atomic mass is 35.5. The minimum absolute atomic E-state index is 0.0620. The molecule has 0 unspecified atom stereocenters. The van der Waals surface area contributed by atoms with E-state index in [4.69, 9.17) is 11.6 Å². The molecule has 1 aliphatic heterocycles. The Balaban J connectivity index is 1.85. The van der Waals surface area contributed by atoms with Crippen molar-refractivity contribution in [3.8, 4) is 0 Å². The average Bonchev–Trinajstić information content (AvgIpc) is 2.59. The van der Waals surface area contributed by atoms with E-state index in [0.29, 0.717) is 30.4 Å². The SMILES string of the molecule is O=S1(=O)CCc2nc(Cl)nc(NCC3CC(O)C3)c21. The molecule has 104 valence electrons. The summed E-state index contributed by atoms with van der Waals surface area (Å²) in [7, 11) is -3.30. The van der Waals surface area contributed by atoms with Gasteiger partial charge in [-0.2, -0.15) is 4.98 Å². The van der Waals surface area contributed by atoms with Crippen LogP contribution in [0.25, 0.3) is 0 Å². The Morgan fingerprint density at radius 2 is 2.11 bits per heavy atom. The van der Waals surface area contributed by atoms with Gasteiger partial charge in [0.2, 0.25) is 5.28 Å². The Labute approximate surface area is 116 Å². The minimum Gasteiger partial charge on any atom is -0.393 e. The van der Waals surface area contributed by atoms with Gasteiger partial charge in [0.25, 0.3) is 0 Å². The number of aryl methyl sites for hydroxylation is 1. The largest absolute Gasteiger partial charge is 0.393 e. The number of nitrogens with zero attached hydrogens (tertiary/aromatic N) is 2. The third kappa shape index (κ3) is 2.42. The Kier molecular flexibility index (Phi) is 3.15. The third-order valence-corrected chi connectivity index (χ3v) is 5.56. The molecule has 0 bridgehead atoms. The fourth-order valence-electron chi connectivity index (χ4n) is 2.52. The summed E-state index contributed by atoms with van der Waals surface area (Å²) >= 11 is 5.81. The number of aliphatic hydroxyl groups excluding tert-OH is 1. The predicted octanol–water partition coefficient (Wildman–Crippen LogP) is 0.643. The lowest BCUT2D eigenvalue weighted by molar-refractivity contribution is 0.0486. The summed E-state index contributed by atoms with van der Waals surface area (Å²) in [5, 5.41) is 12.3. The highest BCUT2D eigenvalue weighted by molar-refractivity contribution is 7.91. The van der Waals surface area contributed by atoms with Crippen LogP contribution in [0.1, 0.15) is 18.5 Å². The summed E-state index contributed by atoms with van der Waals surface area (Å²) in [6.07, 6.45) is 1.63. The average molecular weight is 304 g/mol. The molecule has 2 aliphatic rings. The maximum Gasteiger partial charge on any atom is 0.224 e. The topological polar surface area (TPSA) is 92.2 Å². The van der Waals surface area contributed by atoms with Crippen LogP contribution in [0.3, 0.4) is 0 Å². The fourth-order valence-corrected chi connectivity index (χ4v) is 4.30. The molecular weight excluding hydrogens is 290 g/mol. The van der Waals surface area contributed by atoms with Gasteiger partial charge < -0.3 is 10.4 Å². The maximum absolute atomic E-state index is 12.0. The maximum atomic E-state index is 12.0. The lowest BCUT2D eigenvalue weighted by atomic mass is 9.82. The van der Waals surface area contributed by atoms with E-state index in [0.717, 1.165) is 12.8 Å². The van der Waals surface area contributed by atoms with Crippen molar-refractivity contribution in [3.05, 3.63) is 11.0 Å². The van der Waals surface area contributed by atoms with E-state index in [-0.39, 0.29) is 22.0 Å². The zero-order chi connectivity index (χ0) is 13.6. The van der Waals surface area contributed by atoms with Gasteiger partial charge in [0.1, 0.15) is 10.7 Å². The van der Waals surface area contributed by atoms with Crippen molar-refractivity contribution < 1.29 is 13.5 Å². The van der Waals surface area contributed by atoms with Gasteiger partial charge in [-0.15, -0.1) is 0 Å². The first-order valence-electron chi connectivity index (χ1n) is 6.17. The number of hydrogen-bond donors (Lipinski definition) is 2. The van der Waals surface area contributed by atoms with E-state index in [1.54, 1.807) is 0 Å². The van der Waals surface area contributed by atoms with Crippen LogP contribution in [0, 0.1) is 5.92 Å². The number of sulfone groups is 1. The first-order valence-corrected chi connectivity index (χ1v) is 8.20. The zero-order valence-electron chi connectivity index (χ0n) is 10.1. The van der Waals surface area contributed by atoms with Gasteiger partial charge in [-0.05, 0) is 30.4 Å². The minimum atomic E-state index is -3.30. The molecule has 8 heteroatoms. The number of rotatable bonds is 3. The van der Waals surface area contributed by atoms with E-state index in [9.17, 15) is 13.5 Å². The van der Waals surface area contributed by atoms with Crippen molar-refractivity contribution in [2.75, 3.05) is 17.6 Å². The third-order valence-electron chi connectivity index (χ3n) is 3.60. The Morgan fingerprint density at radius 3 is 2.79 bits per heavy atom. The van der Waals surface area contributed by atoms with Gasteiger partial charge in [0.05, 0.1) is 17.6 Å². The van der Waals surface area contributed by atoms with Crippen LogP contribution in [-0.2, 0) is 16.3 Å². The molecule has 0 spiro atoms. The quantitative estimate of drug-likeness (QED) is 0.796. The smallest absolute Gasteiger partial charge is 0.224 e. The Bertz CT molecular complexity index is 614. The normalized spacial score (nSPS) is 27.7. The summed E-state index contributed by atoms with van der Waals surface area (Å²) < 4.78 is 23.9. The number of hydrogen-bond acceptors (Lipinski definition) is 6. The van der Waals surface area contributed by atoms with E-state index >= 15 is 0 Å². The van der Waals surface area contributed by atoms with E-state index in [1.807, 2.05) is 0 Å². The van der Waals surface area contributed by atoms with E-state index < -0.39 is 9.84 Å². The second-order valence-corrected chi connectivity index (χ2v) is 7.44. The molecule has 1 aromatic heterocycles. The summed E-state index contributed by atoms with van der Waals surface area (Å²) in [5.41, 5.74) is 0.496. The van der Waals surface area contributed by atoms with Gasteiger partial charge in [0, 0.05) is 13.0 Å². The van der Waals surface area contributed by atoms with Crippen molar-refractivity contribution in [3.63, 3.8) is 0 Å². The lowest BCUT2D eigenvalue weighted by Crippen LogP contribution is -2.33. The number of aromatic nitrogens is 2. The molecule has 1 saturated carbocycles. The molecule has 19 heavy (non-hydrogen) atoms. The molecule has 1 aliphatic carbocycles. The van der Waals surface area contributed by atoms with Crippen molar-refractivity contribution in [1.82, 2.24) is 9.97 Å². The van der Waals surface area contributed by atoms with Crippen LogP contribution in [0.15, 0.2) is 4.90 Å². The second-order valence-electron chi connectivity index (χ2n) is 5.06. The zero-order valence-corrected chi connectivity index (χ0v) is 11.7. The van der Waals surface area contributed by atoms with Crippen LogP contribution in [0.5, 0.6) is 0 Å². The molecule has 6 nitrogen and oxygen atoms in total. The molecule has 2 heterocycles. The van der Waals surface area contributed by atoms with E-state index in [2.05, 4.69) is 15.3 Å². The fraction of sp³-hybridized carbons (Fsp3) is 0.636. The summed E-state index contributed by atoms with van der Waals surface area (Å²) in [5.74, 6) is 0.714. The lowest BCUT2D eigenvalue weighted by Gasteiger charge is -2.31. The first kappa shape index (κ1) is 13.1. The number of halogens is 1. The van der Waals surface area contributed by atoms with Gasteiger partial charge >= 0.3 is 0 Å². The number of fused-ring (bicyclic) bond motifs is 1. The highest BCUT2D eigenvalue weighted by Gasteiger charge is 2.33. The second kappa shape index (κ2) is 4.57. The van der Waals surface area contributed by atoms with Crippen molar-refractivity contribution in [2.24, 2.45) is 5.92 Å². The summed E-state index contributed by atoms with van der Waals surface area (Å²) in [6, 6.07) is 0. The van der Waals surface area contributed by atoms with Gasteiger partial charge in [-0.3, -0.25) is 0 Å². The first-order chi connectivity index (χ1) is 8.95. The number of nitrogens with one attached hydrogen (secondary N) is 1. The van der Waals surface area contributed by atoms with Crippen LogP contribution in [0.2, 0.25) is 5.28 Å². The van der Waals surface area contributed by atoms with Crippen LogP contribution in [0.4, 0.5) is 5.82 Å². The van der Waals surface area contributed by atoms with Crippen LogP contribution in [-0.4, -0.2) is 41.9 Å². The molecule has 2 N–H and O–H groups in total. The predicted molar refractivity (Wildman–Crippen MR) is 70.0 cm³/mol. The summed E-state index contributed by atoms with van der Waals surface area (Å²) in [6.45, 7) is 0.590. The summed E-state index contributed by atoms with van der Waals surface area (Å²) in [4.78, 5) is 8.16. The van der Waals surface area contributed by atoms with Gasteiger partial charge in [-0.25, -0.2) is 13.4 Å².